The van der Waals surface area contributed by atoms with Crippen LogP contribution in [0.5, 0.6) is 0 Å². The van der Waals surface area contributed by atoms with Gasteiger partial charge in [0.05, 0.1) is 17.9 Å². The smallest absolute Gasteiger partial charge is 0.230 e. The summed E-state index contributed by atoms with van der Waals surface area (Å²) in [5.74, 6) is 0.115. The Labute approximate surface area is 165 Å². The summed E-state index contributed by atoms with van der Waals surface area (Å²) >= 11 is 0. The van der Waals surface area contributed by atoms with Crippen molar-refractivity contribution in [1.29, 1.82) is 0 Å². The quantitative estimate of drug-likeness (QED) is 0.817. The summed E-state index contributed by atoms with van der Waals surface area (Å²) in [5, 5.41) is 0. The van der Waals surface area contributed by atoms with Crippen LogP contribution in [0.2, 0.25) is 0 Å². The van der Waals surface area contributed by atoms with Crippen LogP contribution in [0.15, 0.2) is 54.6 Å². The fraction of sp³-hybridized carbons (Fsp3) is 0.391. The molecule has 1 saturated heterocycles. The molecular weight excluding hydrogens is 352 g/mol. The molecule has 2 aromatic rings. The van der Waals surface area contributed by atoms with Crippen LogP contribution in [0.1, 0.15) is 31.7 Å². The zero-order chi connectivity index (χ0) is 19.5. The SMILES string of the molecule is CC1CC(=O)N(Cc2ccccc2)c2ccccc2N1C(=O)C1CCOCC1. The highest BCUT2D eigenvalue weighted by Gasteiger charge is 2.36. The first-order chi connectivity index (χ1) is 13.6. The number of fused-ring (bicyclic) bond motifs is 1. The van der Waals surface area contributed by atoms with Gasteiger partial charge in [0, 0.05) is 31.6 Å². The van der Waals surface area contributed by atoms with E-state index in [2.05, 4.69) is 0 Å². The molecule has 0 bridgehead atoms. The number of benzene rings is 2. The average molecular weight is 378 g/mol. The molecule has 0 aliphatic carbocycles. The Bertz CT molecular complexity index is 846. The van der Waals surface area contributed by atoms with E-state index < -0.39 is 0 Å². The molecule has 0 radical (unpaired) electrons. The summed E-state index contributed by atoms with van der Waals surface area (Å²) in [6.07, 6.45) is 1.80. The third kappa shape index (κ3) is 3.67. The number of para-hydroxylation sites is 2. The number of ether oxygens (including phenoxy) is 1. The maximum absolute atomic E-state index is 13.4. The van der Waals surface area contributed by atoms with Gasteiger partial charge in [-0.25, -0.2) is 0 Å². The largest absolute Gasteiger partial charge is 0.381 e. The first-order valence-electron chi connectivity index (χ1n) is 9.99. The standard InChI is InChI=1S/C23H26N2O3/c1-17-15-22(26)24(16-18-7-3-2-4-8-18)20-9-5-6-10-21(20)25(17)23(27)19-11-13-28-14-12-19/h2-10,17,19H,11-16H2,1H3. The molecule has 2 aliphatic heterocycles. The minimum atomic E-state index is -0.176. The van der Waals surface area contributed by atoms with Gasteiger partial charge in [-0.3, -0.25) is 9.59 Å². The molecule has 5 heteroatoms. The molecule has 2 amide bonds. The first kappa shape index (κ1) is 18.7. The molecule has 0 aromatic heterocycles. The normalized spacial score (nSPS) is 20.6. The van der Waals surface area contributed by atoms with Crippen molar-refractivity contribution in [2.75, 3.05) is 23.0 Å². The van der Waals surface area contributed by atoms with Crippen LogP contribution in [0.3, 0.4) is 0 Å². The summed E-state index contributed by atoms with van der Waals surface area (Å²) in [6, 6.07) is 17.6. The highest BCUT2D eigenvalue weighted by atomic mass is 16.5. The fourth-order valence-electron chi connectivity index (χ4n) is 4.14. The van der Waals surface area contributed by atoms with Gasteiger partial charge in [0.1, 0.15) is 0 Å². The number of amides is 2. The van der Waals surface area contributed by atoms with Crippen molar-refractivity contribution >= 4 is 23.2 Å². The monoisotopic (exact) mass is 378 g/mol. The number of carbonyl (C=O) groups excluding carboxylic acids is 2. The number of anilines is 2. The minimum absolute atomic E-state index is 0.0416. The summed E-state index contributed by atoms with van der Waals surface area (Å²) < 4.78 is 5.43. The Kier molecular flexibility index (Phi) is 5.44. The van der Waals surface area contributed by atoms with Crippen molar-refractivity contribution in [1.82, 2.24) is 0 Å². The van der Waals surface area contributed by atoms with Crippen molar-refractivity contribution in [3.8, 4) is 0 Å². The van der Waals surface area contributed by atoms with Crippen LogP contribution in [0.4, 0.5) is 11.4 Å². The average Bonchev–Trinajstić information content (AvgIpc) is 2.83. The molecule has 2 aliphatic rings. The van der Waals surface area contributed by atoms with Crippen LogP contribution in [0, 0.1) is 5.92 Å². The Morgan fingerprint density at radius 1 is 1.00 bits per heavy atom. The lowest BCUT2D eigenvalue weighted by molar-refractivity contribution is -0.125. The van der Waals surface area contributed by atoms with Crippen molar-refractivity contribution in [3.05, 3.63) is 60.2 Å². The van der Waals surface area contributed by atoms with Gasteiger partial charge in [-0.2, -0.15) is 0 Å². The van der Waals surface area contributed by atoms with Gasteiger partial charge >= 0.3 is 0 Å². The molecule has 4 rings (SSSR count). The molecule has 146 valence electrons. The van der Waals surface area contributed by atoms with E-state index >= 15 is 0 Å². The molecule has 1 atom stereocenters. The predicted molar refractivity (Wildman–Crippen MR) is 109 cm³/mol. The third-order valence-electron chi connectivity index (χ3n) is 5.64. The Hall–Kier alpha value is -2.66. The first-order valence-corrected chi connectivity index (χ1v) is 9.99. The molecule has 1 unspecified atom stereocenters. The predicted octanol–water partition coefficient (Wildman–Crippen LogP) is 3.77. The Morgan fingerprint density at radius 3 is 2.36 bits per heavy atom. The highest BCUT2D eigenvalue weighted by molar-refractivity contribution is 6.06. The van der Waals surface area contributed by atoms with Crippen LogP contribution in [-0.4, -0.2) is 31.1 Å². The second-order valence-electron chi connectivity index (χ2n) is 7.60. The van der Waals surface area contributed by atoms with Crippen LogP contribution < -0.4 is 9.80 Å². The van der Waals surface area contributed by atoms with E-state index in [0.29, 0.717) is 26.2 Å². The van der Waals surface area contributed by atoms with Gasteiger partial charge in [0.2, 0.25) is 11.8 Å². The molecule has 5 nitrogen and oxygen atoms in total. The molecule has 0 spiro atoms. The zero-order valence-corrected chi connectivity index (χ0v) is 16.2. The summed E-state index contributed by atoms with van der Waals surface area (Å²) in [5.41, 5.74) is 2.71. The van der Waals surface area contributed by atoms with Crippen molar-refractivity contribution < 1.29 is 14.3 Å². The highest BCUT2D eigenvalue weighted by Crippen LogP contribution is 2.37. The summed E-state index contributed by atoms with van der Waals surface area (Å²) in [7, 11) is 0. The third-order valence-corrected chi connectivity index (χ3v) is 5.64. The maximum atomic E-state index is 13.4. The Morgan fingerprint density at radius 2 is 1.64 bits per heavy atom. The summed E-state index contributed by atoms with van der Waals surface area (Å²) in [6.45, 7) is 3.72. The second-order valence-corrected chi connectivity index (χ2v) is 7.60. The van der Waals surface area contributed by atoms with Gasteiger partial charge in [-0.05, 0) is 37.5 Å². The lowest BCUT2D eigenvalue weighted by atomic mass is 9.97. The molecule has 2 heterocycles. The van der Waals surface area contributed by atoms with Gasteiger partial charge in [-0.15, -0.1) is 0 Å². The topological polar surface area (TPSA) is 49.9 Å². The van der Waals surface area contributed by atoms with Crippen molar-refractivity contribution in [2.45, 2.75) is 38.8 Å². The lowest BCUT2D eigenvalue weighted by Crippen LogP contribution is -2.44. The number of nitrogens with zero attached hydrogens (tertiary/aromatic N) is 2. The minimum Gasteiger partial charge on any atom is -0.381 e. The molecule has 0 saturated carbocycles. The van der Waals surface area contributed by atoms with Crippen LogP contribution in [0.25, 0.3) is 0 Å². The van der Waals surface area contributed by atoms with E-state index in [4.69, 9.17) is 4.74 Å². The Balaban J connectivity index is 1.71. The maximum Gasteiger partial charge on any atom is 0.230 e. The summed E-state index contributed by atoms with van der Waals surface area (Å²) in [4.78, 5) is 30.2. The number of rotatable bonds is 3. The molecule has 1 fully saturated rings. The number of hydrogen-bond acceptors (Lipinski definition) is 3. The van der Waals surface area contributed by atoms with E-state index in [1.54, 1.807) is 0 Å². The van der Waals surface area contributed by atoms with E-state index in [1.807, 2.05) is 71.3 Å². The van der Waals surface area contributed by atoms with Gasteiger partial charge in [0.25, 0.3) is 0 Å². The molecular formula is C23H26N2O3. The van der Waals surface area contributed by atoms with E-state index in [1.165, 1.54) is 0 Å². The van der Waals surface area contributed by atoms with E-state index in [0.717, 1.165) is 29.8 Å². The number of hydrogen-bond donors (Lipinski definition) is 0. The van der Waals surface area contributed by atoms with Crippen molar-refractivity contribution in [3.63, 3.8) is 0 Å². The second kappa shape index (κ2) is 8.15. The molecule has 2 aromatic carbocycles. The molecule has 0 N–H and O–H groups in total. The van der Waals surface area contributed by atoms with E-state index in [-0.39, 0.29) is 23.8 Å². The van der Waals surface area contributed by atoms with Crippen LogP contribution in [-0.2, 0) is 20.9 Å². The molecule has 28 heavy (non-hydrogen) atoms. The van der Waals surface area contributed by atoms with Gasteiger partial charge < -0.3 is 14.5 Å². The number of carbonyl (C=O) groups is 2. The van der Waals surface area contributed by atoms with Gasteiger partial charge in [0.15, 0.2) is 0 Å². The zero-order valence-electron chi connectivity index (χ0n) is 16.2. The lowest BCUT2D eigenvalue weighted by Gasteiger charge is -2.33. The van der Waals surface area contributed by atoms with Crippen LogP contribution >= 0.6 is 0 Å². The van der Waals surface area contributed by atoms with Crippen molar-refractivity contribution in [2.24, 2.45) is 5.92 Å². The fourth-order valence-corrected chi connectivity index (χ4v) is 4.14. The van der Waals surface area contributed by atoms with E-state index in [9.17, 15) is 9.59 Å². The van der Waals surface area contributed by atoms with Gasteiger partial charge in [-0.1, -0.05) is 42.5 Å².